The first-order valence-corrected chi connectivity index (χ1v) is 5.61. The van der Waals surface area contributed by atoms with Gasteiger partial charge in [-0.2, -0.15) is 0 Å². The molecular formula is C10H13NO4S. The molecule has 6 heteroatoms. The summed E-state index contributed by atoms with van der Waals surface area (Å²) in [5, 5.41) is 9.04. The van der Waals surface area contributed by atoms with Crippen LogP contribution in [0.3, 0.4) is 0 Å². The van der Waals surface area contributed by atoms with Crippen LogP contribution in [0.15, 0.2) is 11.0 Å². The SMILES string of the molecule is COc1cc(C(=O)O)c(SC)c(N)c1OC. The topological polar surface area (TPSA) is 81.8 Å². The van der Waals surface area contributed by atoms with Gasteiger partial charge in [-0.25, -0.2) is 4.79 Å². The summed E-state index contributed by atoms with van der Waals surface area (Å²) >= 11 is 1.26. The third-order valence-corrected chi connectivity index (χ3v) is 2.94. The van der Waals surface area contributed by atoms with Crippen LogP contribution in [0, 0.1) is 0 Å². The van der Waals surface area contributed by atoms with E-state index in [1.165, 1.54) is 32.0 Å². The van der Waals surface area contributed by atoms with Gasteiger partial charge in [0.2, 0.25) is 0 Å². The van der Waals surface area contributed by atoms with Gasteiger partial charge in [-0.15, -0.1) is 11.8 Å². The predicted molar refractivity (Wildman–Crippen MR) is 62.7 cm³/mol. The number of methoxy groups -OCH3 is 2. The summed E-state index contributed by atoms with van der Waals surface area (Å²) in [4.78, 5) is 11.5. The van der Waals surface area contributed by atoms with Crippen molar-refractivity contribution in [3.05, 3.63) is 11.6 Å². The highest BCUT2D eigenvalue weighted by Gasteiger charge is 2.20. The minimum Gasteiger partial charge on any atom is -0.493 e. The second-order valence-electron chi connectivity index (χ2n) is 2.91. The lowest BCUT2D eigenvalue weighted by Gasteiger charge is -2.15. The molecule has 1 rings (SSSR count). The van der Waals surface area contributed by atoms with Gasteiger partial charge in [0, 0.05) is 4.90 Å². The lowest BCUT2D eigenvalue weighted by atomic mass is 10.1. The van der Waals surface area contributed by atoms with Crippen molar-refractivity contribution in [2.24, 2.45) is 0 Å². The van der Waals surface area contributed by atoms with Gasteiger partial charge in [0.05, 0.1) is 25.5 Å². The van der Waals surface area contributed by atoms with E-state index in [0.717, 1.165) is 0 Å². The summed E-state index contributed by atoms with van der Waals surface area (Å²) in [6.45, 7) is 0. The molecule has 3 N–H and O–H groups in total. The minimum absolute atomic E-state index is 0.114. The molecule has 0 bridgehead atoms. The number of nitrogen functional groups attached to an aromatic ring is 1. The van der Waals surface area contributed by atoms with Gasteiger partial charge >= 0.3 is 5.97 Å². The Bertz CT molecular complexity index is 420. The number of benzene rings is 1. The number of nitrogens with two attached hydrogens (primary N) is 1. The number of carboxylic acids is 1. The molecule has 16 heavy (non-hydrogen) atoms. The molecule has 0 aromatic heterocycles. The minimum atomic E-state index is -1.04. The van der Waals surface area contributed by atoms with Crippen LogP contribution in [0.1, 0.15) is 10.4 Å². The van der Waals surface area contributed by atoms with E-state index in [9.17, 15) is 4.79 Å². The molecule has 5 nitrogen and oxygen atoms in total. The first-order valence-electron chi connectivity index (χ1n) is 4.38. The summed E-state index contributed by atoms with van der Waals surface area (Å²) in [6, 6.07) is 1.41. The highest BCUT2D eigenvalue weighted by Crippen LogP contribution is 2.41. The van der Waals surface area contributed by atoms with E-state index < -0.39 is 5.97 Å². The number of rotatable bonds is 4. The van der Waals surface area contributed by atoms with Crippen LogP contribution in [-0.4, -0.2) is 31.6 Å². The van der Waals surface area contributed by atoms with Gasteiger partial charge in [-0.05, 0) is 12.3 Å². The van der Waals surface area contributed by atoms with Crippen molar-refractivity contribution in [3.8, 4) is 11.5 Å². The molecule has 0 heterocycles. The van der Waals surface area contributed by atoms with Crippen LogP contribution in [0.2, 0.25) is 0 Å². The molecule has 0 fully saturated rings. The van der Waals surface area contributed by atoms with Crippen molar-refractivity contribution in [2.75, 3.05) is 26.2 Å². The van der Waals surface area contributed by atoms with Crippen molar-refractivity contribution in [1.29, 1.82) is 0 Å². The lowest BCUT2D eigenvalue weighted by molar-refractivity contribution is 0.0692. The van der Waals surface area contributed by atoms with E-state index in [1.807, 2.05) is 0 Å². The second-order valence-corrected chi connectivity index (χ2v) is 3.73. The zero-order chi connectivity index (χ0) is 12.3. The molecule has 0 aliphatic rings. The van der Waals surface area contributed by atoms with Crippen molar-refractivity contribution in [3.63, 3.8) is 0 Å². The normalized spacial score (nSPS) is 9.94. The third kappa shape index (κ3) is 2.01. The second kappa shape index (κ2) is 4.98. The smallest absolute Gasteiger partial charge is 0.337 e. The van der Waals surface area contributed by atoms with Crippen molar-refractivity contribution in [2.45, 2.75) is 4.90 Å². The van der Waals surface area contributed by atoms with Crippen LogP contribution >= 0.6 is 11.8 Å². The molecule has 0 radical (unpaired) electrons. The van der Waals surface area contributed by atoms with Crippen LogP contribution in [-0.2, 0) is 0 Å². The molecule has 0 unspecified atom stereocenters. The van der Waals surface area contributed by atoms with Crippen molar-refractivity contribution < 1.29 is 19.4 Å². The summed E-state index contributed by atoms with van der Waals surface area (Å²) in [7, 11) is 2.89. The molecule has 0 aliphatic heterocycles. The number of carboxylic acid groups (broad SMARTS) is 1. The summed E-state index contributed by atoms with van der Waals surface area (Å²) < 4.78 is 10.1. The predicted octanol–water partition coefficient (Wildman–Crippen LogP) is 1.71. The van der Waals surface area contributed by atoms with Gasteiger partial charge in [0.15, 0.2) is 11.5 Å². The highest BCUT2D eigenvalue weighted by molar-refractivity contribution is 7.98. The van der Waals surface area contributed by atoms with E-state index in [-0.39, 0.29) is 11.3 Å². The Morgan fingerprint density at radius 1 is 1.44 bits per heavy atom. The average Bonchev–Trinajstić information content (AvgIpc) is 2.27. The Kier molecular flexibility index (Phi) is 3.89. The van der Waals surface area contributed by atoms with Gasteiger partial charge in [0.1, 0.15) is 0 Å². The van der Waals surface area contributed by atoms with E-state index in [0.29, 0.717) is 16.4 Å². The highest BCUT2D eigenvalue weighted by atomic mass is 32.2. The number of carbonyl (C=O) groups is 1. The largest absolute Gasteiger partial charge is 0.493 e. The van der Waals surface area contributed by atoms with Gasteiger partial charge in [-0.1, -0.05) is 0 Å². The molecule has 0 saturated heterocycles. The Balaban J connectivity index is 3.54. The number of aromatic carboxylic acids is 1. The van der Waals surface area contributed by atoms with Gasteiger partial charge in [0.25, 0.3) is 0 Å². The number of thioether (sulfide) groups is 1. The number of ether oxygens (including phenoxy) is 2. The number of anilines is 1. The monoisotopic (exact) mass is 243 g/mol. The summed E-state index contributed by atoms with van der Waals surface area (Å²) in [5.74, 6) is -0.371. The van der Waals surface area contributed by atoms with E-state index in [2.05, 4.69) is 0 Å². The lowest BCUT2D eigenvalue weighted by Crippen LogP contribution is -2.05. The fourth-order valence-corrected chi connectivity index (χ4v) is 2.06. The quantitative estimate of drug-likeness (QED) is 0.618. The molecule has 1 aromatic carbocycles. The molecule has 0 amide bonds. The van der Waals surface area contributed by atoms with Crippen LogP contribution < -0.4 is 15.2 Å². The van der Waals surface area contributed by atoms with Crippen LogP contribution in [0.5, 0.6) is 11.5 Å². The van der Waals surface area contributed by atoms with Crippen LogP contribution in [0.25, 0.3) is 0 Å². The molecule has 88 valence electrons. The van der Waals surface area contributed by atoms with Crippen molar-refractivity contribution in [1.82, 2.24) is 0 Å². The van der Waals surface area contributed by atoms with E-state index in [1.54, 1.807) is 6.26 Å². The maximum absolute atomic E-state index is 11.0. The zero-order valence-corrected chi connectivity index (χ0v) is 10.1. The molecular weight excluding hydrogens is 230 g/mol. The van der Waals surface area contributed by atoms with Gasteiger partial charge in [-0.3, -0.25) is 0 Å². The maximum atomic E-state index is 11.0. The molecule has 0 atom stereocenters. The maximum Gasteiger partial charge on any atom is 0.337 e. The van der Waals surface area contributed by atoms with Crippen LogP contribution in [0.4, 0.5) is 5.69 Å². The fourth-order valence-electron chi connectivity index (χ4n) is 1.38. The first-order chi connectivity index (χ1) is 7.56. The standard InChI is InChI=1S/C10H13NO4S/c1-14-6-4-5(10(12)13)9(16-3)7(11)8(6)15-2/h4H,11H2,1-3H3,(H,12,13). The fraction of sp³-hybridized carbons (Fsp3) is 0.300. The summed E-state index contributed by atoms with van der Waals surface area (Å²) in [5.41, 5.74) is 6.23. The van der Waals surface area contributed by atoms with E-state index in [4.69, 9.17) is 20.3 Å². The Labute approximate surface area is 97.5 Å². The molecule has 0 spiro atoms. The molecule has 0 saturated carbocycles. The first kappa shape index (κ1) is 12.5. The zero-order valence-electron chi connectivity index (χ0n) is 9.23. The Hall–Kier alpha value is -1.56. The Morgan fingerprint density at radius 3 is 2.44 bits per heavy atom. The van der Waals surface area contributed by atoms with Crippen molar-refractivity contribution >= 4 is 23.4 Å². The molecule has 1 aromatic rings. The molecule has 0 aliphatic carbocycles. The third-order valence-electron chi connectivity index (χ3n) is 2.09. The van der Waals surface area contributed by atoms with Gasteiger partial charge < -0.3 is 20.3 Å². The number of hydrogen-bond acceptors (Lipinski definition) is 5. The summed E-state index contributed by atoms with van der Waals surface area (Å²) in [6.07, 6.45) is 1.75. The Morgan fingerprint density at radius 2 is 2.06 bits per heavy atom. The number of hydrogen-bond donors (Lipinski definition) is 2. The van der Waals surface area contributed by atoms with E-state index >= 15 is 0 Å². The average molecular weight is 243 g/mol.